The first kappa shape index (κ1) is 65.7. The molecule has 2 atom stereocenters. The van der Waals surface area contributed by atoms with E-state index in [1.807, 2.05) is 21.1 Å². The molecule has 2 unspecified atom stereocenters. The monoisotopic (exact) mass is 968 g/mol. The van der Waals surface area contributed by atoms with Crippen LogP contribution in [-0.2, 0) is 33.3 Å². The second kappa shape index (κ2) is 51.1. The molecule has 9 nitrogen and oxygen atoms in total. The Morgan fingerprint density at radius 3 is 1.23 bits per heavy atom. The number of hydrogen-bond donors (Lipinski definition) is 0. The number of nitrogens with zero attached hydrogens (tertiary/aromatic N) is 1. The first-order valence-corrected chi connectivity index (χ1v) is 28.1. The van der Waals surface area contributed by atoms with Crippen molar-refractivity contribution in [3.05, 3.63) is 72.9 Å². The molecule has 0 saturated carbocycles. The number of hydrogen-bond acceptors (Lipinski definition) is 8. The van der Waals surface area contributed by atoms with Gasteiger partial charge >= 0.3 is 11.9 Å². The zero-order chi connectivity index (χ0) is 50.6. The van der Waals surface area contributed by atoms with Crippen LogP contribution in [0.15, 0.2) is 72.9 Å². The van der Waals surface area contributed by atoms with Gasteiger partial charge in [-0.1, -0.05) is 228 Å². The molecule has 0 aliphatic carbocycles. The van der Waals surface area contributed by atoms with Gasteiger partial charge in [0.25, 0.3) is 0 Å². The van der Waals surface area contributed by atoms with E-state index in [4.69, 9.17) is 18.9 Å². The molecule has 0 heterocycles. The van der Waals surface area contributed by atoms with Crippen molar-refractivity contribution >= 4 is 17.9 Å². The molecule has 0 fully saturated rings. The standard InChI is InChI=1S/C60H105NO8/c1-6-8-10-12-13-14-15-16-17-18-19-20-21-22-23-24-25-26-27-28-29-30-31-32-33-34-35-36-37-38-39-40-41-42-43-44-45-47-49-51-58(63)69-56(54-67-57(62)50-48-46-11-9-7-2)55-68-60(59(64)65)66-53-52-61(3,4)5/h8,10,13-14,16-17,19-20,22-23,25-26,56,60H,6-7,9,11-12,15,18,21,24,27-55H2,1-5H3/b10-8-,14-13-,17-16-,20-19-,23-22-,26-25-. The highest BCUT2D eigenvalue weighted by Crippen LogP contribution is 2.16. The lowest BCUT2D eigenvalue weighted by atomic mass is 10.0. The van der Waals surface area contributed by atoms with E-state index in [1.54, 1.807) is 0 Å². The second-order valence-corrected chi connectivity index (χ2v) is 19.9. The maximum absolute atomic E-state index is 12.7. The van der Waals surface area contributed by atoms with Crippen LogP contribution in [0.4, 0.5) is 0 Å². The van der Waals surface area contributed by atoms with E-state index < -0.39 is 24.3 Å². The van der Waals surface area contributed by atoms with E-state index >= 15 is 0 Å². The Balaban J connectivity index is 3.84. The number of carboxylic acids is 1. The molecule has 69 heavy (non-hydrogen) atoms. The Morgan fingerprint density at radius 2 is 0.826 bits per heavy atom. The van der Waals surface area contributed by atoms with E-state index in [2.05, 4.69) is 86.8 Å². The average molecular weight is 968 g/mol. The maximum atomic E-state index is 12.7. The first-order valence-electron chi connectivity index (χ1n) is 28.1. The van der Waals surface area contributed by atoms with Gasteiger partial charge in [-0.3, -0.25) is 9.59 Å². The Morgan fingerprint density at radius 1 is 0.449 bits per heavy atom. The zero-order valence-corrected chi connectivity index (χ0v) is 45.2. The number of carbonyl (C=O) groups excluding carboxylic acids is 3. The number of rotatable bonds is 51. The van der Waals surface area contributed by atoms with Crippen LogP contribution in [0.25, 0.3) is 0 Å². The van der Waals surface area contributed by atoms with Crippen molar-refractivity contribution in [3.8, 4) is 0 Å². The van der Waals surface area contributed by atoms with Gasteiger partial charge in [-0.15, -0.1) is 0 Å². The summed E-state index contributed by atoms with van der Waals surface area (Å²) in [4.78, 5) is 36.7. The van der Waals surface area contributed by atoms with Gasteiger partial charge in [0.05, 0.1) is 40.3 Å². The molecular weight excluding hydrogens is 863 g/mol. The molecule has 0 radical (unpaired) electrons. The summed E-state index contributed by atoms with van der Waals surface area (Å²) >= 11 is 0. The van der Waals surface area contributed by atoms with Crippen molar-refractivity contribution in [1.29, 1.82) is 0 Å². The number of allylic oxidation sites excluding steroid dienone is 12. The van der Waals surface area contributed by atoms with Crippen molar-refractivity contribution < 1.29 is 42.9 Å². The lowest BCUT2D eigenvalue weighted by molar-refractivity contribution is -0.870. The lowest BCUT2D eigenvalue weighted by Crippen LogP contribution is -2.44. The minimum atomic E-state index is -1.62. The van der Waals surface area contributed by atoms with Gasteiger partial charge in [-0.2, -0.15) is 0 Å². The van der Waals surface area contributed by atoms with Crippen molar-refractivity contribution in [2.24, 2.45) is 0 Å². The molecule has 0 aromatic rings. The maximum Gasteiger partial charge on any atom is 0.306 e. The van der Waals surface area contributed by atoms with E-state index in [0.29, 0.717) is 17.4 Å². The van der Waals surface area contributed by atoms with E-state index in [0.717, 1.165) is 83.5 Å². The predicted octanol–water partition coefficient (Wildman–Crippen LogP) is 14.9. The largest absolute Gasteiger partial charge is 0.545 e. The van der Waals surface area contributed by atoms with Crippen LogP contribution >= 0.6 is 0 Å². The average Bonchev–Trinajstić information content (AvgIpc) is 3.31. The van der Waals surface area contributed by atoms with E-state index in [-0.39, 0.29) is 38.6 Å². The number of quaternary nitrogens is 1. The second-order valence-electron chi connectivity index (χ2n) is 19.9. The summed E-state index contributed by atoms with van der Waals surface area (Å²) < 4.78 is 22.4. The number of aliphatic carboxylic acids is 1. The smallest absolute Gasteiger partial charge is 0.306 e. The summed E-state index contributed by atoms with van der Waals surface area (Å²) in [5, 5.41) is 11.7. The molecule has 0 spiro atoms. The highest BCUT2D eigenvalue weighted by atomic mass is 16.7. The third kappa shape index (κ3) is 52.4. The van der Waals surface area contributed by atoms with Gasteiger partial charge in [-0.05, 0) is 64.2 Å². The molecular formula is C60H105NO8. The van der Waals surface area contributed by atoms with Gasteiger partial charge in [-0.25, -0.2) is 0 Å². The van der Waals surface area contributed by atoms with Crippen molar-refractivity contribution in [2.45, 2.75) is 245 Å². The van der Waals surface area contributed by atoms with Gasteiger partial charge in [0.15, 0.2) is 12.4 Å². The summed E-state index contributed by atoms with van der Waals surface area (Å²) in [6, 6.07) is 0. The Labute approximate surface area is 424 Å². The first-order chi connectivity index (χ1) is 33.6. The number of ether oxygens (including phenoxy) is 4. The number of carboxylic acid groups (broad SMARTS) is 1. The fourth-order valence-corrected chi connectivity index (χ4v) is 7.66. The van der Waals surface area contributed by atoms with Gasteiger partial charge in [0, 0.05) is 12.8 Å². The molecule has 0 N–H and O–H groups in total. The van der Waals surface area contributed by atoms with Crippen molar-refractivity contribution in [2.75, 3.05) is 47.5 Å². The predicted molar refractivity (Wildman–Crippen MR) is 288 cm³/mol. The van der Waals surface area contributed by atoms with E-state index in [1.165, 1.54) is 116 Å². The molecule has 9 heteroatoms. The molecule has 398 valence electrons. The lowest BCUT2D eigenvalue weighted by Gasteiger charge is -2.26. The minimum Gasteiger partial charge on any atom is -0.545 e. The van der Waals surface area contributed by atoms with Crippen molar-refractivity contribution in [3.63, 3.8) is 0 Å². The third-order valence-corrected chi connectivity index (χ3v) is 12.0. The Kier molecular flexibility index (Phi) is 48.7. The van der Waals surface area contributed by atoms with Crippen molar-refractivity contribution in [1.82, 2.24) is 0 Å². The van der Waals surface area contributed by atoms with Gasteiger partial charge in [0.2, 0.25) is 0 Å². The molecule has 0 rings (SSSR count). The molecule has 0 aromatic carbocycles. The number of carbonyl (C=O) groups is 3. The summed E-state index contributed by atoms with van der Waals surface area (Å²) in [6.07, 6.45) is 63.2. The van der Waals surface area contributed by atoms with Crippen LogP contribution in [0.3, 0.4) is 0 Å². The molecule has 0 aromatic heterocycles. The van der Waals surface area contributed by atoms with Crippen LogP contribution in [0, 0.1) is 0 Å². The van der Waals surface area contributed by atoms with Crippen LogP contribution < -0.4 is 5.11 Å². The van der Waals surface area contributed by atoms with Gasteiger partial charge in [0.1, 0.15) is 13.2 Å². The topological polar surface area (TPSA) is 111 Å². The highest BCUT2D eigenvalue weighted by molar-refractivity contribution is 5.70. The van der Waals surface area contributed by atoms with Crippen LogP contribution in [-0.4, -0.2) is 82.3 Å². The summed E-state index contributed by atoms with van der Waals surface area (Å²) in [5.41, 5.74) is 0. The van der Waals surface area contributed by atoms with Crippen LogP contribution in [0.5, 0.6) is 0 Å². The number of unbranched alkanes of at least 4 members (excludes halogenated alkanes) is 24. The molecule has 0 bridgehead atoms. The highest BCUT2D eigenvalue weighted by Gasteiger charge is 2.22. The Hall–Kier alpha value is -3.27. The summed E-state index contributed by atoms with van der Waals surface area (Å²) in [6.45, 7) is 4.54. The number of esters is 2. The molecule has 0 amide bonds. The van der Waals surface area contributed by atoms with Gasteiger partial charge < -0.3 is 33.3 Å². The normalized spacial score (nSPS) is 13.3. The SMILES string of the molecule is CC/C=C\C/C=C\C/C=C\C/C=C\C/C=C\C/C=C\CCCCCCCCCCCCCCCCCCCCCCC(=O)OC(COC(=O)CCCCCCC)COC(OCC[N+](C)(C)C)C(=O)[O-]. The van der Waals surface area contributed by atoms with E-state index in [9.17, 15) is 19.5 Å². The molecule has 0 saturated heterocycles. The minimum absolute atomic E-state index is 0.148. The summed E-state index contributed by atoms with van der Waals surface area (Å²) in [5.74, 6) is -2.29. The Bertz CT molecular complexity index is 1360. The fourth-order valence-electron chi connectivity index (χ4n) is 7.66. The summed E-state index contributed by atoms with van der Waals surface area (Å²) in [7, 11) is 5.90. The molecule has 0 aliphatic rings. The zero-order valence-electron chi connectivity index (χ0n) is 45.2. The number of likely N-dealkylation sites (N-methyl/N-ethyl adjacent to an activating group) is 1. The third-order valence-electron chi connectivity index (χ3n) is 12.0. The van der Waals surface area contributed by atoms with Crippen LogP contribution in [0.2, 0.25) is 0 Å². The fraction of sp³-hybridized carbons (Fsp3) is 0.750. The molecule has 0 aliphatic heterocycles. The van der Waals surface area contributed by atoms with Crippen LogP contribution in [0.1, 0.15) is 232 Å². The quantitative estimate of drug-likeness (QED) is 0.0195.